The predicted octanol–water partition coefficient (Wildman–Crippen LogP) is 4.15. The SMILES string of the molecule is Cc1ccc(NC(=O)Cc2nnc(SC(C)C(=O)Nc3nc(C)c(C)s3)n2C)cc1Cl. The first-order valence-corrected chi connectivity index (χ1v) is 11.6. The number of nitrogens with zero attached hydrogens (tertiary/aromatic N) is 4. The first-order valence-electron chi connectivity index (χ1n) is 9.50. The van der Waals surface area contributed by atoms with E-state index in [1.54, 1.807) is 30.7 Å². The molecular formula is C20H23ClN6O2S2. The summed E-state index contributed by atoms with van der Waals surface area (Å²) >= 11 is 8.82. The standard InChI is InChI=1S/C20H23ClN6O2S2/c1-10-6-7-14(8-15(10)21)23-17(28)9-16-25-26-20(27(16)5)31-13(4)18(29)24-19-22-11(2)12(3)30-19/h6-8,13H,9H2,1-5H3,(H,23,28)(H,22,24,29). The molecule has 1 aromatic carbocycles. The number of thioether (sulfide) groups is 1. The van der Waals surface area contributed by atoms with Crippen molar-refractivity contribution in [3.63, 3.8) is 0 Å². The van der Waals surface area contributed by atoms with Gasteiger partial charge < -0.3 is 15.2 Å². The molecule has 0 aliphatic heterocycles. The highest BCUT2D eigenvalue weighted by Crippen LogP contribution is 2.25. The summed E-state index contributed by atoms with van der Waals surface area (Å²) in [5.41, 5.74) is 2.47. The number of benzene rings is 1. The Morgan fingerprint density at radius 2 is 1.97 bits per heavy atom. The van der Waals surface area contributed by atoms with Gasteiger partial charge in [0.2, 0.25) is 11.8 Å². The number of hydrogen-bond acceptors (Lipinski definition) is 7. The Hall–Kier alpha value is -2.43. The summed E-state index contributed by atoms with van der Waals surface area (Å²) in [7, 11) is 1.77. The minimum Gasteiger partial charge on any atom is -0.326 e. The van der Waals surface area contributed by atoms with Crippen molar-refractivity contribution in [1.82, 2.24) is 19.7 Å². The smallest absolute Gasteiger partial charge is 0.239 e. The summed E-state index contributed by atoms with van der Waals surface area (Å²) in [6, 6.07) is 5.34. The van der Waals surface area contributed by atoms with Crippen LogP contribution in [0.4, 0.5) is 10.8 Å². The molecule has 3 rings (SSSR count). The van der Waals surface area contributed by atoms with Gasteiger partial charge in [-0.1, -0.05) is 29.4 Å². The molecular weight excluding hydrogens is 456 g/mol. The first-order chi connectivity index (χ1) is 14.6. The zero-order valence-electron chi connectivity index (χ0n) is 17.8. The highest BCUT2D eigenvalue weighted by molar-refractivity contribution is 8.00. The lowest BCUT2D eigenvalue weighted by Gasteiger charge is -2.10. The fourth-order valence-electron chi connectivity index (χ4n) is 2.57. The number of amides is 2. The molecule has 0 aliphatic rings. The van der Waals surface area contributed by atoms with E-state index in [1.807, 2.05) is 26.8 Å². The molecule has 0 aliphatic carbocycles. The maximum atomic E-state index is 12.5. The molecule has 2 amide bonds. The zero-order chi connectivity index (χ0) is 22.7. The van der Waals surface area contributed by atoms with Crippen molar-refractivity contribution >= 4 is 57.3 Å². The fraction of sp³-hybridized carbons (Fsp3) is 0.350. The number of hydrogen-bond donors (Lipinski definition) is 2. The topological polar surface area (TPSA) is 102 Å². The number of anilines is 2. The Labute approximate surface area is 193 Å². The second-order valence-corrected chi connectivity index (χ2v) is 9.98. The van der Waals surface area contributed by atoms with Crippen molar-refractivity contribution in [3.8, 4) is 0 Å². The summed E-state index contributed by atoms with van der Waals surface area (Å²) in [6.45, 7) is 7.55. The lowest BCUT2D eigenvalue weighted by atomic mass is 10.2. The molecule has 1 unspecified atom stereocenters. The molecule has 2 heterocycles. The van der Waals surface area contributed by atoms with Gasteiger partial charge in [-0.05, 0) is 45.4 Å². The molecule has 1 atom stereocenters. The average Bonchev–Trinajstić information content (AvgIpc) is 3.20. The third-order valence-corrected chi connectivity index (χ3v) is 7.14. The average molecular weight is 479 g/mol. The molecule has 2 N–H and O–H groups in total. The van der Waals surface area contributed by atoms with Gasteiger partial charge in [-0.25, -0.2) is 4.98 Å². The van der Waals surface area contributed by atoms with Crippen molar-refractivity contribution < 1.29 is 9.59 Å². The minimum absolute atomic E-state index is 0.0494. The molecule has 2 aromatic heterocycles. The summed E-state index contributed by atoms with van der Waals surface area (Å²) in [5.74, 6) is 0.0987. The van der Waals surface area contributed by atoms with Crippen molar-refractivity contribution in [2.75, 3.05) is 10.6 Å². The Kier molecular flexibility index (Phi) is 7.34. The lowest BCUT2D eigenvalue weighted by Crippen LogP contribution is -2.23. The Morgan fingerprint density at radius 3 is 2.61 bits per heavy atom. The van der Waals surface area contributed by atoms with Gasteiger partial charge in [0, 0.05) is 22.6 Å². The molecule has 0 spiro atoms. The molecule has 0 radical (unpaired) electrons. The predicted molar refractivity (Wildman–Crippen MR) is 125 cm³/mol. The van der Waals surface area contributed by atoms with E-state index in [0.29, 0.717) is 26.8 Å². The Morgan fingerprint density at radius 1 is 1.23 bits per heavy atom. The second kappa shape index (κ2) is 9.80. The van der Waals surface area contributed by atoms with Crippen LogP contribution >= 0.6 is 34.7 Å². The lowest BCUT2D eigenvalue weighted by molar-refractivity contribution is -0.116. The molecule has 11 heteroatoms. The van der Waals surface area contributed by atoms with Crippen LogP contribution in [0.1, 0.15) is 28.9 Å². The third-order valence-electron chi connectivity index (χ3n) is 4.61. The number of aryl methyl sites for hydroxylation is 3. The molecule has 0 saturated heterocycles. The van der Waals surface area contributed by atoms with Gasteiger partial charge in [0.15, 0.2) is 10.3 Å². The summed E-state index contributed by atoms with van der Waals surface area (Å²) in [5, 5.41) is 15.2. The summed E-state index contributed by atoms with van der Waals surface area (Å²) in [6.07, 6.45) is 0.0494. The molecule has 3 aromatic rings. The molecule has 0 fully saturated rings. The number of carbonyl (C=O) groups excluding carboxylic acids is 2. The van der Waals surface area contributed by atoms with Crippen LogP contribution in [0, 0.1) is 20.8 Å². The number of aromatic nitrogens is 4. The quantitative estimate of drug-likeness (QED) is 0.494. The van der Waals surface area contributed by atoms with Gasteiger partial charge in [0.1, 0.15) is 5.82 Å². The van der Waals surface area contributed by atoms with E-state index in [2.05, 4.69) is 25.8 Å². The normalized spacial score (nSPS) is 11.9. The van der Waals surface area contributed by atoms with Gasteiger partial charge in [0.25, 0.3) is 0 Å². The van der Waals surface area contributed by atoms with Crippen molar-refractivity contribution in [1.29, 1.82) is 0 Å². The Bertz CT molecular complexity index is 1110. The van der Waals surface area contributed by atoms with E-state index < -0.39 is 5.25 Å². The van der Waals surface area contributed by atoms with E-state index in [9.17, 15) is 9.59 Å². The molecule has 164 valence electrons. The molecule has 8 nitrogen and oxygen atoms in total. The zero-order valence-corrected chi connectivity index (χ0v) is 20.2. The molecule has 0 bridgehead atoms. The van der Waals surface area contributed by atoms with Crippen LogP contribution in [-0.4, -0.2) is 36.8 Å². The van der Waals surface area contributed by atoms with Crippen LogP contribution in [0.2, 0.25) is 5.02 Å². The maximum absolute atomic E-state index is 12.5. The van der Waals surface area contributed by atoms with E-state index in [4.69, 9.17) is 11.6 Å². The van der Waals surface area contributed by atoms with Gasteiger partial charge in [-0.3, -0.25) is 9.59 Å². The fourth-order valence-corrected chi connectivity index (χ4v) is 4.40. The highest BCUT2D eigenvalue weighted by Gasteiger charge is 2.21. The first kappa shape index (κ1) is 23.2. The number of thiazole rings is 1. The van der Waals surface area contributed by atoms with Crippen molar-refractivity contribution in [3.05, 3.63) is 45.2 Å². The monoisotopic (exact) mass is 478 g/mol. The van der Waals surface area contributed by atoms with E-state index in [0.717, 1.165) is 16.1 Å². The highest BCUT2D eigenvalue weighted by atomic mass is 35.5. The summed E-state index contributed by atoms with van der Waals surface area (Å²) < 4.78 is 1.72. The number of halogens is 1. The van der Waals surface area contributed by atoms with E-state index in [-0.39, 0.29) is 18.2 Å². The van der Waals surface area contributed by atoms with E-state index in [1.165, 1.54) is 23.1 Å². The van der Waals surface area contributed by atoms with Crippen molar-refractivity contribution in [2.45, 2.75) is 44.5 Å². The van der Waals surface area contributed by atoms with Crippen molar-refractivity contribution in [2.24, 2.45) is 7.05 Å². The van der Waals surface area contributed by atoms with Crippen LogP contribution in [-0.2, 0) is 23.1 Å². The third kappa shape index (κ3) is 5.84. The van der Waals surface area contributed by atoms with Gasteiger partial charge in [-0.15, -0.1) is 21.5 Å². The minimum atomic E-state index is -0.413. The van der Waals surface area contributed by atoms with Crippen LogP contribution in [0.15, 0.2) is 23.4 Å². The van der Waals surface area contributed by atoms with Gasteiger partial charge in [-0.2, -0.15) is 0 Å². The van der Waals surface area contributed by atoms with Gasteiger partial charge >= 0.3 is 0 Å². The van der Waals surface area contributed by atoms with Crippen LogP contribution < -0.4 is 10.6 Å². The largest absolute Gasteiger partial charge is 0.326 e. The maximum Gasteiger partial charge on any atom is 0.239 e. The Balaban J connectivity index is 1.59. The van der Waals surface area contributed by atoms with Gasteiger partial charge in [0.05, 0.1) is 17.4 Å². The van der Waals surface area contributed by atoms with Crippen LogP contribution in [0.3, 0.4) is 0 Å². The second-order valence-electron chi connectivity index (χ2n) is 7.06. The van der Waals surface area contributed by atoms with Crippen LogP contribution in [0.5, 0.6) is 0 Å². The summed E-state index contributed by atoms with van der Waals surface area (Å²) in [4.78, 5) is 30.3. The number of nitrogens with one attached hydrogen (secondary N) is 2. The van der Waals surface area contributed by atoms with E-state index >= 15 is 0 Å². The number of carbonyl (C=O) groups is 2. The molecule has 0 saturated carbocycles. The number of rotatable bonds is 7. The van der Waals surface area contributed by atoms with Crippen LogP contribution in [0.25, 0.3) is 0 Å². The molecule has 31 heavy (non-hydrogen) atoms.